The molecule has 1 aromatic heterocycles. The van der Waals surface area contributed by atoms with E-state index >= 15 is 0 Å². The predicted molar refractivity (Wildman–Crippen MR) is 97.8 cm³/mol. The van der Waals surface area contributed by atoms with E-state index in [-0.39, 0.29) is 12.3 Å². The van der Waals surface area contributed by atoms with Gasteiger partial charge >= 0.3 is 5.97 Å². The molecular weight excluding hydrogens is 320 g/mol. The van der Waals surface area contributed by atoms with Gasteiger partial charge in [0.2, 0.25) is 0 Å². The number of carbonyl (C=O) groups is 2. The van der Waals surface area contributed by atoms with Gasteiger partial charge in [0.15, 0.2) is 0 Å². The Balaban J connectivity index is 2.20. The Labute approximate surface area is 146 Å². The zero-order valence-corrected chi connectivity index (χ0v) is 14.1. The number of anilines is 3. The van der Waals surface area contributed by atoms with Crippen LogP contribution in [0.15, 0.2) is 42.6 Å². The molecule has 4 N–H and O–H groups in total. The Morgan fingerprint density at radius 3 is 2.64 bits per heavy atom. The molecule has 25 heavy (non-hydrogen) atoms. The van der Waals surface area contributed by atoms with Crippen LogP contribution < -0.4 is 16.0 Å². The van der Waals surface area contributed by atoms with E-state index in [0.717, 1.165) is 5.69 Å². The summed E-state index contributed by atoms with van der Waals surface area (Å²) in [4.78, 5) is 29.4. The average molecular weight is 342 g/mol. The van der Waals surface area contributed by atoms with Crippen LogP contribution in [0.5, 0.6) is 0 Å². The molecule has 1 aromatic carbocycles. The van der Waals surface area contributed by atoms with Crippen molar-refractivity contribution in [3.63, 3.8) is 0 Å². The highest BCUT2D eigenvalue weighted by Crippen LogP contribution is 2.22. The van der Waals surface area contributed by atoms with Gasteiger partial charge in [-0.05, 0) is 43.2 Å². The van der Waals surface area contributed by atoms with E-state index in [2.05, 4.69) is 10.3 Å². The number of nitrogens with two attached hydrogens (primary N) is 1. The second kappa shape index (κ2) is 8.68. The standard InChI is InChI=1S/C18H22N4O3/c1-20-15-9-8-13(12-14(15)19)18(25)22(11-5-3-7-17(23)24)16-6-2-4-10-21-16/h2,4,6,8-10,12,20H,3,5,7,11,19H2,1H3,(H,23,24). The minimum Gasteiger partial charge on any atom is -0.481 e. The molecule has 0 fully saturated rings. The molecule has 1 heterocycles. The van der Waals surface area contributed by atoms with Crippen molar-refractivity contribution < 1.29 is 14.7 Å². The summed E-state index contributed by atoms with van der Waals surface area (Å²) >= 11 is 0. The van der Waals surface area contributed by atoms with Gasteiger partial charge in [0.1, 0.15) is 5.82 Å². The summed E-state index contributed by atoms with van der Waals surface area (Å²) in [7, 11) is 1.76. The Hall–Kier alpha value is -3.09. The highest BCUT2D eigenvalue weighted by Gasteiger charge is 2.19. The number of nitrogen functional groups attached to an aromatic ring is 1. The first kappa shape index (κ1) is 18.3. The third-order valence-corrected chi connectivity index (χ3v) is 3.76. The number of aromatic nitrogens is 1. The summed E-state index contributed by atoms with van der Waals surface area (Å²) in [5.74, 6) is -0.534. The van der Waals surface area contributed by atoms with Crippen molar-refractivity contribution in [3.8, 4) is 0 Å². The lowest BCUT2D eigenvalue weighted by Gasteiger charge is -2.22. The fraction of sp³-hybridized carbons (Fsp3) is 0.278. The van der Waals surface area contributed by atoms with Crippen LogP contribution in [0.2, 0.25) is 0 Å². The van der Waals surface area contributed by atoms with Crippen LogP contribution in [-0.4, -0.2) is 35.6 Å². The summed E-state index contributed by atoms with van der Waals surface area (Å²) < 4.78 is 0. The van der Waals surface area contributed by atoms with Crippen LogP contribution in [0.3, 0.4) is 0 Å². The lowest BCUT2D eigenvalue weighted by molar-refractivity contribution is -0.137. The summed E-state index contributed by atoms with van der Waals surface area (Å²) in [5, 5.41) is 11.7. The van der Waals surface area contributed by atoms with Crippen molar-refractivity contribution >= 4 is 29.1 Å². The van der Waals surface area contributed by atoms with Gasteiger partial charge in [-0.1, -0.05) is 6.07 Å². The number of hydrogen-bond acceptors (Lipinski definition) is 5. The van der Waals surface area contributed by atoms with Crippen LogP contribution in [0.1, 0.15) is 29.6 Å². The number of nitrogens with one attached hydrogen (secondary N) is 1. The third-order valence-electron chi connectivity index (χ3n) is 3.76. The third kappa shape index (κ3) is 4.94. The molecule has 7 heteroatoms. The van der Waals surface area contributed by atoms with E-state index in [0.29, 0.717) is 36.5 Å². The number of rotatable bonds is 8. The largest absolute Gasteiger partial charge is 0.481 e. The number of benzene rings is 1. The molecule has 0 saturated heterocycles. The van der Waals surface area contributed by atoms with Gasteiger partial charge in [-0.2, -0.15) is 0 Å². The quantitative estimate of drug-likeness (QED) is 0.503. The van der Waals surface area contributed by atoms with Gasteiger partial charge in [0, 0.05) is 31.8 Å². The second-order valence-corrected chi connectivity index (χ2v) is 5.55. The van der Waals surface area contributed by atoms with Gasteiger partial charge in [0.25, 0.3) is 5.91 Å². The first-order valence-corrected chi connectivity index (χ1v) is 8.05. The molecule has 7 nitrogen and oxygen atoms in total. The maximum Gasteiger partial charge on any atom is 0.303 e. The molecular formula is C18H22N4O3. The van der Waals surface area contributed by atoms with Gasteiger partial charge in [-0.3, -0.25) is 14.5 Å². The van der Waals surface area contributed by atoms with Crippen molar-refractivity contribution in [2.24, 2.45) is 0 Å². The van der Waals surface area contributed by atoms with E-state index < -0.39 is 5.97 Å². The monoisotopic (exact) mass is 342 g/mol. The van der Waals surface area contributed by atoms with Crippen LogP contribution in [0.25, 0.3) is 0 Å². The number of amides is 1. The second-order valence-electron chi connectivity index (χ2n) is 5.55. The Morgan fingerprint density at radius 2 is 2.04 bits per heavy atom. The molecule has 2 aromatic rings. The number of carboxylic acids is 1. The summed E-state index contributed by atoms with van der Waals surface area (Å²) in [6.07, 6.45) is 2.75. The highest BCUT2D eigenvalue weighted by molar-refractivity contribution is 6.06. The Bertz CT molecular complexity index is 734. The molecule has 0 radical (unpaired) electrons. The van der Waals surface area contributed by atoms with Crippen molar-refractivity contribution in [1.82, 2.24) is 4.98 Å². The van der Waals surface area contributed by atoms with Crippen molar-refractivity contribution in [3.05, 3.63) is 48.2 Å². The number of unbranched alkanes of at least 4 members (excludes halogenated alkanes) is 1. The topological polar surface area (TPSA) is 109 Å². The molecule has 0 saturated carbocycles. The number of carbonyl (C=O) groups excluding carboxylic acids is 1. The molecule has 132 valence electrons. The maximum atomic E-state index is 12.9. The summed E-state index contributed by atoms with van der Waals surface area (Å²) in [5.41, 5.74) is 7.65. The van der Waals surface area contributed by atoms with Crippen molar-refractivity contribution in [2.75, 3.05) is 29.5 Å². The SMILES string of the molecule is CNc1ccc(C(=O)N(CCCCC(=O)O)c2ccccn2)cc1N. The van der Waals surface area contributed by atoms with Crippen LogP contribution in [0.4, 0.5) is 17.2 Å². The normalized spacial score (nSPS) is 10.3. The Kier molecular flexibility index (Phi) is 6.33. The minimum atomic E-state index is -0.842. The molecule has 0 unspecified atom stereocenters. The van der Waals surface area contributed by atoms with E-state index in [4.69, 9.17) is 10.8 Å². The number of hydrogen-bond donors (Lipinski definition) is 3. The first-order valence-electron chi connectivity index (χ1n) is 8.05. The van der Waals surface area contributed by atoms with Crippen molar-refractivity contribution in [1.29, 1.82) is 0 Å². The number of pyridine rings is 1. The molecule has 1 amide bonds. The fourth-order valence-corrected chi connectivity index (χ4v) is 2.46. The molecule has 0 aliphatic rings. The Morgan fingerprint density at radius 1 is 1.24 bits per heavy atom. The molecule has 2 rings (SSSR count). The van der Waals surface area contributed by atoms with Gasteiger partial charge in [-0.25, -0.2) is 4.98 Å². The van der Waals surface area contributed by atoms with Gasteiger partial charge in [0.05, 0.1) is 11.4 Å². The predicted octanol–water partition coefficient (Wildman–Crippen LogP) is 2.61. The smallest absolute Gasteiger partial charge is 0.303 e. The van der Waals surface area contributed by atoms with Crippen LogP contribution in [0, 0.1) is 0 Å². The van der Waals surface area contributed by atoms with E-state index in [1.165, 1.54) is 0 Å². The fourth-order valence-electron chi connectivity index (χ4n) is 2.46. The molecule has 0 atom stereocenters. The zero-order chi connectivity index (χ0) is 18.2. The number of aliphatic carboxylic acids is 1. The van der Waals surface area contributed by atoms with Gasteiger partial charge in [-0.15, -0.1) is 0 Å². The molecule has 0 bridgehead atoms. The number of nitrogens with zero attached hydrogens (tertiary/aromatic N) is 2. The zero-order valence-electron chi connectivity index (χ0n) is 14.1. The lowest BCUT2D eigenvalue weighted by Crippen LogP contribution is -2.32. The van der Waals surface area contributed by atoms with Crippen LogP contribution >= 0.6 is 0 Å². The van der Waals surface area contributed by atoms with E-state index in [9.17, 15) is 9.59 Å². The average Bonchev–Trinajstić information content (AvgIpc) is 2.61. The van der Waals surface area contributed by atoms with Crippen molar-refractivity contribution in [2.45, 2.75) is 19.3 Å². The highest BCUT2D eigenvalue weighted by atomic mass is 16.4. The molecule has 0 aliphatic carbocycles. The van der Waals surface area contributed by atoms with E-state index in [1.807, 2.05) is 0 Å². The lowest BCUT2D eigenvalue weighted by atomic mass is 10.1. The number of carboxylic acid groups (broad SMARTS) is 1. The van der Waals surface area contributed by atoms with E-state index in [1.54, 1.807) is 54.5 Å². The maximum absolute atomic E-state index is 12.9. The summed E-state index contributed by atoms with van der Waals surface area (Å²) in [6, 6.07) is 10.4. The molecule has 0 spiro atoms. The van der Waals surface area contributed by atoms with Gasteiger partial charge < -0.3 is 16.2 Å². The summed E-state index contributed by atoms with van der Waals surface area (Å²) in [6.45, 7) is 0.386. The van der Waals surface area contributed by atoms with Crippen LogP contribution in [-0.2, 0) is 4.79 Å². The molecule has 0 aliphatic heterocycles. The minimum absolute atomic E-state index is 0.0774. The first-order chi connectivity index (χ1) is 12.0.